The molecule has 0 aliphatic carbocycles. The normalized spacial score (nSPS) is 12.4. The summed E-state index contributed by atoms with van der Waals surface area (Å²) >= 11 is 0. The van der Waals surface area contributed by atoms with E-state index in [2.05, 4.69) is 427 Å². The van der Waals surface area contributed by atoms with Crippen molar-refractivity contribution in [3.05, 3.63) is 473 Å². The van der Waals surface area contributed by atoms with E-state index in [1.807, 2.05) is 72.8 Å². The Kier molecular flexibility index (Phi) is 16.6. The second-order valence-corrected chi connectivity index (χ2v) is 40.1. The van der Waals surface area contributed by atoms with Crippen molar-refractivity contribution in [1.29, 1.82) is 0 Å². The molecule has 0 fully saturated rings. The van der Waals surface area contributed by atoms with Gasteiger partial charge in [0.05, 0.1) is 82.8 Å². The number of nitrogens with zero attached hydrogens (tertiary/aromatic N) is 12. The highest BCUT2D eigenvalue weighted by Gasteiger charge is 2.31. The number of fused-ring (bicyclic) bond motifs is 30. The van der Waals surface area contributed by atoms with Crippen LogP contribution in [0, 0.1) is 0 Å². The number of hydrogen-bond donors (Lipinski definition) is 0. The van der Waals surface area contributed by atoms with Gasteiger partial charge in [0.15, 0.2) is 34.9 Å². The lowest BCUT2D eigenvalue weighted by Crippen LogP contribution is -2.00. The highest BCUT2D eigenvalue weighted by Crippen LogP contribution is 2.54. The molecule has 11 heterocycles. The van der Waals surface area contributed by atoms with E-state index in [1.54, 1.807) is 0 Å². The summed E-state index contributed by atoms with van der Waals surface area (Å²) in [4.78, 5) is 30.1. The molecule has 0 saturated carbocycles. The van der Waals surface area contributed by atoms with Gasteiger partial charge in [0.2, 0.25) is 0 Å². The van der Waals surface area contributed by atoms with Crippen molar-refractivity contribution in [3.63, 3.8) is 0 Å². The van der Waals surface area contributed by atoms with Crippen LogP contribution < -0.4 is 0 Å². The van der Waals surface area contributed by atoms with Gasteiger partial charge in [-0.25, -0.2) is 29.9 Å². The molecule has 0 unspecified atom stereocenters. The summed E-state index contributed by atoms with van der Waals surface area (Å²) < 4.78 is 14.7. The second kappa shape index (κ2) is 30.6. The molecular formula is C138H78N12. The van der Waals surface area contributed by atoms with Gasteiger partial charge < -0.3 is 26.9 Å². The van der Waals surface area contributed by atoms with Crippen LogP contribution in [-0.4, -0.2) is 56.8 Å². The average Bonchev–Trinajstić information content (AvgIpc) is 1.52. The van der Waals surface area contributed by atoms with E-state index in [9.17, 15) is 0 Å². The predicted octanol–water partition coefficient (Wildman–Crippen LogP) is 35.4. The number of hydrogen-bond acceptors (Lipinski definition) is 6. The molecule has 690 valence electrons. The molecule has 0 saturated heterocycles. The first kappa shape index (κ1) is 81.1. The van der Waals surface area contributed by atoms with Crippen LogP contribution in [0.2, 0.25) is 0 Å². The van der Waals surface area contributed by atoms with Gasteiger partial charge in [-0.2, -0.15) is 0 Å². The molecule has 12 heteroatoms. The highest BCUT2D eigenvalue weighted by molar-refractivity contribution is 6.43. The fourth-order valence-corrected chi connectivity index (χ4v) is 26.2. The van der Waals surface area contributed by atoms with Crippen LogP contribution in [-0.2, 0) is 0 Å². The molecule has 0 aliphatic rings. The fourth-order valence-electron chi connectivity index (χ4n) is 26.2. The summed E-state index contributed by atoms with van der Waals surface area (Å²) in [6.07, 6.45) is 0. The summed E-state index contributed by atoms with van der Waals surface area (Å²) in [5.74, 6) is 3.94. The molecule has 0 aliphatic heterocycles. The van der Waals surface area contributed by atoms with Crippen molar-refractivity contribution < 1.29 is 0 Å². The Balaban J connectivity index is 0.0000000976. The van der Waals surface area contributed by atoms with E-state index in [1.165, 1.54) is 256 Å². The van der Waals surface area contributed by atoms with Gasteiger partial charge in [0, 0.05) is 147 Å². The van der Waals surface area contributed by atoms with E-state index in [4.69, 9.17) is 29.9 Å². The van der Waals surface area contributed by atoms with Gasteiger partial charge in [-0.1, -0.05) is 352 Å². The van der Waals surface area contributed by atoms with E-state index < -0.39 is 0 Å². The van der Waals surface area contributed by atoms with Crippen molar-refractivity contribution in [2.45, 2.75) is 0 Å². The molecule has 36 rings (SSSR count). The lowest BCUT2D eigenvalue weighted by molar-refractivity contribution is 1.07. The zero-order valence-corrected chi connectivity index (χ0v) is 80.4. The van der Waals surface area contributed by atoms with Crippen molar-refractivity contribution in [2.24, 2.45) is 0 Å². The molecule has 0 atom stereocenters. The van der Waals surface area contributed by atoms with Crippen LogP contribution in [0.3, 0.4) is 0 Å². The number of aromatic nitrogens is 12. The molecule has 36 aromatic rings. The first-order chi connectivity index (χ1) is 74.4. The Bertz CT molecular complexity index is 11600. The van der Waals surface area contributed by atoms with Crippen LogP contribution >= 0.6 is 0 Å². The van der Waals surface area contributed by atoms with Crippen LogP contribution in [0.15, 0.2) is 473 Å². The Labute approximate surface area is 853 Å². The molecule has 0 radical (unpaired) electrons. The molecule has 0 bridgehead atoms. The molecular weight excluding hydrogens is 1830 g/mol. The minimum absolute atomic E-state index is 0.653. The largest absolute Gasteiger partial charge is 0.309 e. The van der Waals surface area contributed by atoms with E-state index in [0.717, 1.165) is 38.9 Å². The standard InChI is InChI=1S/2C51H29N5.C36H20N2/c1-3-12-30(13-4-1)49-52-50(31-14-5-2-6-15-31)54-51(53-49)32-22-27-44-41(28-32)39-26-25-38-40-29-33(55-42-19-9-7-16-35(42)36-17-8-10-20-43(36)55)23-24-34(40)37-18-11-21-45-46(37)47(38)48(39)56(44)45;1-3-12-30(13-4-1)49-52-50(31-14-5-2-6-15-31)54-51(53-49)32-22-24-37-40-27-26-39-41-29-33(55-42-19-9-7-16-35(42)36-17-8-10-20-43(36)55)23-25-34(41)38-18-11-21-44-46(38)47(39)48(40)56(44)45(37)28-32;1-4-12-30-23(8-1)24-9-2-5-13-31(24)37(30)21-16-17-22-26-11-7-15-33-34(26)35-27(29(22)20-21)18-19-28-25-10-3-6-14-32(25)38(33)36(28)35/h2*1-29H;1-20H. The summed E-state index contributed by atoms with van der Waals surface area (Å²) in [6, 6.07) is 171. The molecule has 25 aromatic carbocycles. The first-order valence-corrected chi connectivity index (χ1v) is 51.3. The summed E-state index contributed by atoms with van der Waals surface area (Å²) in [5, 5.41) is 38.7. The van der Waals surface area contributed by atoms with E-state index >= 15 is 0 Å². The number of para-hydroxylation sites is 7. The lowest BCUT2D eigenvalue weighted by atomic mass is 9.93. The zero-order valence-electron chi connectivity index (χ0n) is 80.4. The summed E-state index contributed by atoms with van der Waals surface area (Å²) in [5.41, 5.74) is 27.8. The third kappa shape index (κ3) is 11.3. The Hall–Kier alpha value is -20.3. The van der Waals surface area contributed by atoms with Crippen molar-refractivity contribution in [2.75, 3.05) is 0 Å². The molecule has 12 nitrogen and oxygen atoms in total. The minimum Gasteiger partial charge on any atom is -0.309 e. The predicted molar refractivity (Wildman–Crippen MR) is 624 cm³/mol. The molecule has 150 heavy (non-hydrogen) atoms. The van der Waals surface area contributed by atoms with Crippen molar-refractivity contribution >= 4 is 244 Å². The van der Waals surface area contributed by atoms with Gasteiger partial charge in [0.1, 0.15) is 0 Å². The second-order valence-electron chi connectivity index (χ2n) is 40.1. The fraction of sp³-hybridized carbons (Fsp3) is 0. The van der Waals surface area contributed by atoms with Crippen molar-refractivity contribution in [1.82, 2.24) is 56.8 Å². The molecule has 0 spiro atoms. The third-order valence-corrected chi connectivity index (χ3v) is 32.5. The van der Waals surface area contributed by atoms with E-state index in [0.29, 0.717) is 34.9 Å². The van der Waals surface area contributed by atoms with Crippen LogP contribution in [0.25, 0.3) is 330 Å². The topological polar surface area (TPSA) is 105 Å². The molecule has 11 aromatic heterocycles. The number of rotatable bonds is 9. The van der Waals surface area contributed by atoms with Crippen LogP contribution in [0.4, 0.5) is 0 Å². The number of benzene rings is 25. The summed E-state index contributed by atoms with van der Waals surface area (Å²) in [6.45, 7) is 0. The van der Waals surface area contributed by atoms with E-state index in [-0.39, 0.29) is 0 Å². The first-order valence-electron chi connectivity index (χ1n) is 51.3. The van der Waals surface area contributed by atoms with Gasteiger partial charge in [-0.3, -0.25) is 0 Å². The maximum absolute atomic E-state index is 5.07. The Morgan fingerprint density at radius 1 is 0.113 bits per heavy atom. The quantitative estimate of drug-likeness (QED) is 0.133. The molecule has 0 N–H and O–H groups in total. The SMILES string of the molecule is c1ccc(-c2nc(-c3ccccc3)nc(-c3ccc4c(c3)c3ccc5c6cc(-n7c8ccccc8c8ccccc87)ccc6c6cccc7c6c5c3n47)n2)cc1.c1ccc(-c2nc(-c3ccccc3)nc(-c3ccc4c5ccc6c7cc(-n8c9ccccc9c9ccccc98)ccc7c7cccc8c7c6c5n8c4c3)n2)cc1.c1ccc2c(c1)c1ccccc1n2-c1ccc2c(c1)c1ccc3c4ccccc4n4c5cccc2c5c1c34. The van der Waals surface area contributed by atoms with Crippen LogP contribution in [0.1, 0.15) is 0 Å². The van der Waals surface area contributed by atoms with Gasteiger partial charge >= 0.3 is 0 Å². The van der Waals surface area contributed by atoms with Gasteiger partial charge in [-0.15, -0.1) is 0 Å². The van der Waals surface area contributed by atoms with Gasteiger partial charge in [0.25, 0.3) is 0 Å². The monoisotopic (exact) mass is 1900 g/mol. The average molecular weight is 1900 g/mol. The minimum atomic E-state index is 0.653. The molecule has 0 amide bonds. The lowest BCUT2D eigenvalue weighted by Gasteiger charge is -2.13. The smallest absolute Gasteiger partial charge is 0.164 e. The summed E-state index contributed by atoms with van der Waals surface area (Å²) in [7, 11) is 0. The Morgan fingerprint density at radius 2 is 0.333 bits per heavy atom. The van der Waals surface area contributed by atoms with Crippen LogP contribution in [0.5, 0.6) is 0 Å². The Morgan fingerprint density at radius 3 is 0.667 bits per heavy atom. The highest BCUT2D eigenvalue weighted by atomic mass is 15.1. The van der Waals surface area contributed by atoms with Crippen molar-refractivity contribution in [3.8, 4) is 85.4 Å². The maximum atomic E-state index is 5.07. The zero-order chi connectivity index (χ0) is 97.5. The maximum Gasteiger partial charge on any atom is 0.164 e. The van der Waals surface area contributed by atoms with Gasteiger partial charge in [-0.05, 0) is 186 Å². The third-order valence-electron chi connectivity index (χ3n) is 32.5.